The summed E-state index contributed by atoms with van der Waals surface area (Å²) >= 11 is 5.90. The Morgan fingerprint density at radius 2 is 2.19 bits per heavy atom. The van der Waals surface area contributed by atoms with Crippen LogP contribution in [0.15, 0.2) is 18.2 Å². The number of hydrogen-bond donors (Lipinski definition) is 1. The van der Waals surface area contributed by atoms with Crippen LogP contribution in [0.25, 0.3) is 0 Å². The lowest BCUT2D eigenvalue weighted by atomic mass is 10.1. The zero-order chi connectivity index (χ0) is 12.0. The van der Waals surface area contributed by atoms with Gasteiger partial charge in [-0.1, -0.05) is 17.7 Å². The molecule has 1 amide bonds. The number of rotatable bonds is 5. The van der Waals surface area contributed by atoms with Crippen molar-refractivity contribution in [2.75, 3.05) is 20.3 Å². The first-order chi connectivity index (χ1) is 7.65. The van der Waals surface area contributed by atoms with Crippen molar-refractivity contribution in [3.8, 4) is 0 Å². The number of aryl methyl sites for hydroxylation is 1. The minimum atomic E-state index is -0.321. The lowest BCUT2D eigenvalue weighted by Gasteiger charge is -2.06. The predicted octanol–water partition coefficient (Wildman–Crippen LogP) is 1.96. The minimum absolute atomic E-state index is 0.307. The van der Waals surface area contributed by atoms with Gasteiger partial charge in [0.05, 0.1) is 13.2 Å². The van der Waals surface area contributed by atoms with Crippen molar-refractivity contribution in [1.82, 2.24) is 5.48 Å². The molecule has 0 unspecified atom stereocenters. The maximum Gasteiger partial charge on any atom is 0.274 e. The molecule has 1 N–H and O–H groups in total. The molecule has 0 aliphatic rings. The molecule has 1 aromatic carbocycles. The van der Waals surface area contributed by atoms with Crippen molar-refractivity contribution in [2.45, 2.75) is 6.92 Å². The first-order valence-corrected chi connectivity index (χ1v) is 5.20. The van der Waals surface area contributed by atoms with Gasteiger partial charge in [-0.15, -0.1) is 0 Å². The fourth-order valence-electron chi connectivity index (χ4n) is 1.03. The van der Waals surface area contributed by atoms with Gasteiger partial charge in [-0.25, -0.2) is 5.48 Å². The number of benzene rings is 1. The third kappa shape index (κ3) is 3.81. The Hall–Kier alpha value is -1.10. The average Bonchev–Trinajstić information content (AvgIpc) is 2.28. The molecule has 16 heavy (non-hydrogen) atoms. The number of nitrogens with one attached hydrogen (secondary N) is 1. The molecule has 0 radical (unpaired) electrons. The second-order valence-corrected chi connectivity index (χ2v) is 3.64. The van der Waals surface area contributed by atoms with E-state index in [1.807, 2.05) is 6.92 Å². The lowest BCUT2D eigenvalue weighted by molar-refractivity contribution is 0.00889. The zero-order valence-corrected chi connectivity index (χ0v) is 10.0. The van der Waals surface area contributed by atoms with Gasteiger partial charge in [-0.2, -0.15) is 0 Å². The third-order valence-corrected chi connectivity index (χ3v) is 2.40. The van der Waals surface area contributed by atoms with E-state index in [2.05, 4.69) is 5.48 Å². The van der Waals surface area contributed by atoms with E-state index in [9.17, 15) is 4.79 Å². The number of amides is 1. The highest BCUT2D eigenvalue weighted by Crippen LogP contribution is 2.16. The lowest BCUT2D eigenvalue weighted by Crippen LogP contribution is -2.25. The van der Waals surface area contributed by atoms with Gasteiger partial charge >= 0.3 is 0 Å². The molecule has 0 aromatic heterocycles. The molecule has 0 spiro atoms. The molecule has 5 heteroatoms. The molecular formula is C11H14ClNO3. The topological polar surface area (TPSA) is 47.6 Å². The maximum absolute atomic E-state index is 11.5. The van der Waals surface area contributed by atoms with Crippen LogP contribution in [-0.2, 0) is 9.57 Å². The Balaban J connectivity index is 2.50. The summed E-state index contributed by atoms with van der Waals surface area (Å²) in [5, 5.41) is 0.560. The molecule has 4 nitrogen and oxygen atoms in total. The fourth-order valence-corrected chi connectivity index (χ4v) is 1.22. The van der Waals surface area contributed by atoms with E-state index < -0.39 is 0 Å². The predicted molar refractivity (Wildman–Crippen MR) is 61.5 cm³/mol. The highest BCUT2D eigenvalue weighted by atomic mass is 35.5. The first kappa shape index (κ1) is 13.0. The monoisotopic (exact) mass is 243 g/mol. The van der Waals surface area contributed by atoms with Crippen LogP contribution in [-0.4, -0.2) is 26.2 Å². The number of carbonyl (C=O) groups excluding carboxylic acids is 1. The Bertz CT molecular complexity index is 368. The third-order valence-electron chi connectivity index (χ3n) is 1.99. The van der Waals surface area contributed by atoms with E-state index in [0.29, 0.717) is 23.8 Å². The van der Waals surface area contributed by atoms with Crippen LogP contribution in [0, 0.1) is 6.92 Å². The maximum atomic E-state index is 11.5. The van der Waals surface area contributed by atoms with Crippen molar-refractivity contribution >= 4 is 17.5 Å². The summed E-state index contributed by atoms with van der Waals surface area (Å²) in [6, 6.07) is 5.08. The smallest absolute Gasteiger partial charge is 0.274 e. The Morgan fingerprint density at radius 3 is 2.81 bits per heavy atom. The van der Waals surface area contributed by atoms with Gasteiger partial charge in [-0.3, -0.25) is 9.63 Å². The summed E-state index contributed by atoms with van der Waals surface area (Å²) in [7, 11) is 1.56. The summed E-state index contributed by atoms with van der Waals surface area (Å²) in [5.41, 5.74) is 3.70. The highest BCUT2D eigenvalue weighted by molar-refractivity contribution is 6.31. The molecule has 0 saturated carbocycles. The van der Waals surface area contributed by atoms with E-state index in [1.54, 1.807) is 25.3 Å². The van der Waals surface area contributed by atoms with Crippen molar-refractivity contribution in [1.29, 1.82) is 0 Å². The van der Waals surface area contributed by atoms with Gasteiger partial charge in [0.25, 0.3) is 5.91 Å². The molecule has 0 aliphatic heterocycles. The van der Waals surface area contributed by atoms with Gasteiger partial charge in [-0.05, 0) is 24.6 Å². The van der Waals surface area contributed by atoms with Gasteiger partial charge in [0.2, 0.25) is 0 Å². The summed E-state index contributed by atoms with van der Waals surface area (Å²) in [4.78, 5) is 16.4. The van der Waals surface area contributed by atoms with Crippen LogP contribution in [0.1, 0.15) is 15.9 Å². The number of hydroxylamine groups is 1. The molecule has 1 rings (SSSR count). The molecular weight excluding hydrogens is 230 g/mol. The van der Waals surface area contributed by atoms with E-state index in [4.69, 9.17) is 21.2 Å². The average molecular weight is 244 g/mol. The Labute approximate surface area is 99.5 Å². The molecule has 0 atom stereocenters. The minimum Gasteiger partial charge on any atom is -0.382 e. The van der Waals surface area contributed by atoms with Crippen LogP contribution in [0.3, 0.4) is 0 Å². The van der Waals surface area contributed by atoms with Crippen LogP contribution in [0.5, 0.6) is 0 Å². The summed E-state index contributed by atoms with van der Waals surface area (Å²) in [6.07, 6.45) is 0. The second kappa shape index (κ2) is 6.48. The second-order valence-electron chi connectivity index (χ2n) is 3.24. The van der Waals surface area contributed by atoms with Gasteiger partial charge in [0.15, 0.2) is 0 Å². The zero-order valence-electron chi connectivity index (χ0n) is 9.25. The van der Waals surface area contributed by atoms with Crippen molar-refractivity contribution in [2.24, 2.45) is 0 Å². The summed E-state index contributed by atoms with van der Waals surface area (Å²) in [5.74, 6) is -0.321. The van der Waals surface area contributed by atoms with Gasteiger partial charge < -0.3 is 4.74 Å². The number of hydrogen-bond acceptors (Lipinski definition) is 3. The van der Waals surface area contributed by atoms with Crippen molar-refractivity contribution < 1.29 is 14.4 Å². The summed E-state index contributed by atoms with van der Waals surface area (Å²) < 4.78 is 4.77. The van der Waals surface area contributed by atoms with E-state index in [-0.39, 0.29) is 5.91 Å². The van der Waals surface area contributed by atoms with Crippen LogP contribution in [0.4, 0.5) is 0 Å². The van der Waals surface area contributed by atoms with Gasteiger partial charge in [0, 0.05) is 17.7 Å². The number of methoxy groups -OCH3 is 1. The highest BCUT2D eigenvalue weighted by Gasteiger charge is 2.06. The van der Waals surface area contributed by atoms with Crippen LogP contribution < -0.4 is 5.48 Å². The number of carbonyl (C=O) groups is 1. The van der Waals surface area contributed by atoms with Crippen LogP contribution >= 0.6 is 11.6 Å². The van der Waals surface area contributed by atoms with E-state index in [1.165, 1.54) is 0 Å². The quantitative estimate of drug-likeness (QED) is 0.635. The Kier molecular flexibility index (Phi) is 5.25. The van der Waals surface area contributed by atoms with Crippen molar-refractivity contribution in [3.63, 3.8) is 0 Å². The van der Waals surface area contributed by atoms with E-state index >= 15 is 0 Å². The molecule has 88 valence electrons. The standard InChI is InChI=1S/C11H14ClNO3/c1-8-3-4-9(7-10(8)12)11(14)13-16-6-5-15-2/h3-4,7H,5-6H2,1-2H3,(H,13,14). The molecule has 0 heterocycles. The largest absolute Gasteiger partial charge is 0.382 e. The molecule has 0 bridgehead atoms. The normalized spacial score (nSPS) is 10.2. The molecule has 0 saturated heterocycles. The SMILES string of the molecule is COCCONC(=O)c1ccc(C)c(Cl)c1. The van der Waals surface area contributed by atoms with Crippen molar-refractivity contribution in [3.05, 3.63) is 34.3 Å². The molecule has 0 fully saturated rings. The van der Waals surface area contributed by atoms with Gasteiger partial charge in [0.1, 0.15) is 0 Å². The Morgan fingerprint density at radius 1 is 1.44 bits per heavy atom. The summed E-state index contributed by atoms with van der Waals surface area (Å²) in [6.45, 7) is 2.61. The molecule has 0 aliphatic carbocycles. The number of halogens is 1. The molecule has 1 aromatic rings. The first-order valence-electron chi connectivity index (χ1n) is 4.82. The number of ether oxygens (including phenoxy) is 1. The van der Waals surface area contributed by atoms with Crippen LogP contribution in [0.2, 0.25) is 5.02 Å². The van der Waals surface area contributed by atoms with E-state index in [0.717, 1.165) is 5.56 Å². The fraction of sp³-hybridized carbons (Fsp3) is 0.364.